The van der Waals surface area contributed by atoms with Crippen LogP contribution in [0.15, 0.2) is 18.7 Å². The molecule has 0 bridgehead atoms. The van der Waals surface area contributed by atoms with Gasteiger partial charge in [0, 0.05) is 25.5 Å². The summed E-state index contributed by atoms with van der Waals surface area (Å²) in [5.41, 5.74) is 0. The fourth-order valence-electron chi connectivity index (χ4n) is 1.58. The number of hydrogen-bond acceptors (Lipinski definition) is 2. The Balaban J connectivity index is 1.74. The number of aryl methyl sites for hydroxylation is 1. The first kappa shape index (κ1) is 7.80. The van der Waals surface area contributed by atoms with E-state index in [4.69, 9.17) is 4.74 Å². The molecule has 1 fully saturated rings. The number of nitrogens with zero attached hydrogens (tertiary/aromatic N) is 2. The van der Waals surface area contributed by atoms with E-state index in [0.29, 0.717) is 6.10 Å². The van der Waals surface area contributed by atoms with E-state index in [1.165, 1.54) is 12.8 Å². The van der Waals surface area contributed by atoms with Gasteiger partial charge in [-0.2, -0.15) is 0 Å². The molecule has 0 spiro atoms. The van der Waals surface area contributed by atoms with Gasteiger partial charge in [-0.25, -0.2) is 4.98 Å². The lowest BCUT2D eigenvalue weighted by Gasteiger charge is -2.08. The van der Waals surface area contributed by atoms with Crippen LogP contribution >= 0.6 is 0 Å². The highest BCUT2D eigenvalue weighted by molar-refractivity contribution is 4.75. The van der Waals surface area contributed by atoms with Crippen LogP contribution in [0.5, 0.6) is 0 Å². The molecule has 66 valence electrons. The SMILES string of the molecule is c1cn(CCC2CCCO2)cn1. The summed E-state index contributed by atoms with van der Waals surface area (Å²) in [6.07, 6.45) is 9.74. The third-order valence-corrected chi connectivity index (χ3v) is 2.29. The maximum Gasteiger partial charge on any atom is 0.0945 e. The van der Waals surface area contributed by atoms with Crippen molar-refractivity contribution in [1.29, 1.82) is 0 Å². The van der Waals surface area contributed by atoms with Crippen LogP contribution in [0.25, 0.3) is 0 Å². The van der Waals surface area contributed by atoms with Crippen LogP contribution in [-0.4, -0.2) is 22.3 Å². The molecule has 1 aliphatic rings. The smallest absolute Gasteiger partial charge is 0.0945 e. The average molecular weight is 166 g/mol. The van der Waals surface area contributed by atoms with E-state index in [1.807, 2.05) is 18.7 Å². The summed E-state index contributed by atoms with van der Waals surface area (Å²) in [7, 11) is 0. The van der Waals surface area contributed by atoms with Crippen molar-refractivity contribution in [1.82, 2.24) is 9.55 Å². The molecule has 0 N–H and O–H groups in total. The maximum atomic E-state index is 5.52. The van der Waals surface area contributed by atoms with Gasteiger partial charge >= 0.3 is 0 Å². The van der Waals surface area contributed by atoms with Crippen molar-refractivity contribution in [3.63, 3.8) is 0 Å². The first-order chi connectivity index (χ1) is 5.95. The second kappa shape index (κ2) is 3.72. The quantitative estimate of drug-likeness (QED) is 0.679. The molecule has 1 aliphatic heterocycles. The molecule has 3 heteroatoms. The van der Waals surface area contributed by atoms with E-state index >= 15 is 0 Å². The van der Waals surface area contributed by atoms with Crippen molar-refractivity contribution >= 4 is 0 Å². The highest BCUT2D eigenvalue weighted by Crippen LogP contribution is 2.15. The van der Waals surface area contributed by atoms with Crippen LogP contribution in [-0.2, 0) is 11.3 Å². The largest absolute Gasteiger partial charge is 0.378 e. The second-order valence-corrected chi connectivity index (χ2v) is 3.22. The summed E-state index contributed by atoms with van der Waals surface area (Å²) in [5.74, 6) is 0. The highest BCUT2D eigenvalue weighted by Gasteiger charge is 2.14. The van der Waals surface area contributed by atoms with Crippen molar-refractivity contribution in [3.8, 4) is 0 Å². The van der Waals surface area contributed by atoms with Crippen molar-refractivity contribution in [3.05, 3.63) is 18.7 Å². The Hall–Kier alpha value is -0.830. The summed E-state index contributed by atoms with van der Waals surface area (Å²) < 4.78 is 7.62. The average Bonchev–Trinajstić information content (AvgIpc) is 2.74. The van der Waals surface area contributed by atoms with E-state index < -0.39 is 0 Å². The van der Waals surface area contributed by atoms with Gasteiger partial charge in [0.25, 0.3) is 0 Å². The van der Waals surface area contributed by atoms with Gasteiger partial charge in [-0.05, 0) is 19.3 Å². The second-order valence-electron chi connectivity index (χ2n) is 3.22. The maximum absolute atomic E-state index is 5.52. The molecule has 3 nitrogen and oxygen atoms in total. The first-order valence-corrected chi connectivity index (χ1v) is 4.52. The lowest BCUT2D eigenvalue weighted by atomic mass is 10.2. The number of aromatic nitrogens is 2. The van der Waals surface area contributed by atoms with Crippen LogP contribution in [0.2, 0.25) is 0 Å². The Labute approximate surface area is 72.4 Å². The third kappa shape index (κ3) is 1.85. The number of rotatable bonds is 3. The molecular weight excluding hydrogens is 152 g/mol. The molecule has 1 unspecified atom stereocenters. The molecule has 0 saturated carbocycles. The predicted molar refractivity (Wildman–Crippen MR) is 45.8 cm³/mol. The molecule has 0 radical (unpaired) electrons. The van der Waals surface area contributed by atoms with E-state index in [0.717, 1.165) is 19.6 Å². The monoisotopic (exact) mass is 166 g/mol. The topological polar surface area (TPSA) is 27.1 Å². The van der Waals surface area contributed by atoms with Gasteiger partial charge in [0.1, 0.15) is 0 Å². The molecule has 0 amide bonds. The molecular formula is C9H14N2O. The van der Waals surface area contributed by atoms with Crippen LogP contribution in [0.1, 0.15) is 19.3 Å². The molecule has 0 aromatic carbocycles. The van der Waals surface area contributed by atoms with Crippen LogP contribution in [0, 0.1) is 0 Å². The lowest BCUT2D eigenvalue weighted by Crippen LogP contribution is -2.08. The molecule has 1 saturated heterocycles. The summed E-state index contributed by atoms with van der Waals surface area (Å²) in [6, 6.07) is 0. The van der Waals surface area contributed by atoms with E-state index in [9.17, 15) is 0 Å². The van der Waals surface area contributed by atoms with Gasteiger partial charge in [-0.15, -0.1) is 0 Å². The predicted octanol–water partition coefficient (Wildman–Crippen LogP) is 1.45. The van der Waals surface area contributed by atoms with Crippen LogP contribution in [0.4, 0.5) is 0 Å². The Morgan fingerprint density at radius 2 is 2.58 bits per heavy atom. The van der Waals surface area contributed by atoms with Gasteiger partial charge < -0.3 is 9.30 Å². The van der Waals surface area contributed by atoms with E-state index in [-0.39, 0.29) is 0 Å². The molecule has 2 rings (SSSR count). The van der Waals surface area contributed by atoms with Gasteiger partial charge in [-0.1, -0.05) is 0 Å². The Morgan fingerprint density at radius 3 is 3.25 bits per heavy atom. The van der Waals surface area contributed by atoms with Crippen molar-refractivity contribution in [2.75, 3.05) is 6.61 Å². The lowest BCUT2D eigenvalue weighted by molar-refractivity contribution is 0.100. The summed E-state index contributed by atoms with van der Waals surface area (Å²) in [5, 5.41) is 0. The summed E-state index contributed by atoms with van der Waals surface area (Å²) in [6.45, 7) is 1.99. The molecule has 2 heterocycles. The fourth-order valence-corrected chi connectivity index (χ4v) is 1.58. The van der Waals surface area contributed by atoms with Gasteiger partial charge in [0.15, 0.2) is 0 Å². The number of ether oxygens (including phenoxy) is 1. The fraction of sp³-hybridized carbons (Fsp3) is 0.667. The first-order valence-electron chi connectivity index (χ1n) is 4.52. The van der Waals surface area contributed by atoms with Gasteiger partial charge in [0.2, 0.25) is 0 Å². The van der Waals surface area contributed by atoms with Crippen molar-refractivity contribution in [2.24, 2.45) is 0 Å². The van der Waals surface area contributed by atoms with Crippen molar-refractivity contribution < 1.29 is 4.74 Å². The van der Waals surface area contributed by atoms with Gasteiger partial charge in [-0.3, -0.25) is 0 Å². The Kier molecular flexibility index (Phi) is 2.42. The molecule has 1 aromatic heterocycles. The standard InChI is InChI=1S/C9H14N2O/c1-2-9(12-7-1)3-5-11-6-4-10-8-11/h4,6,8-9H,1-3,5,7H2. The Bertz CT molecular complexity index is 214. The van der Waals surface area contributed by atoms with Crippen LogP contribution < -0.4 is 0 Å². The molecule has 1 atom stereocenters. The zero-order valence-corrected chi connectivity index (χ0v) is 7.15. The zero-order chi connectivity index (χ0) is 8.23. The molecule has 12 heavy (non-hydrogen) atoms. The Morgan fingerprint density at radius 1 is 1.58 bits per heavy atom. The molecule has 0 aliphatic carbocycles. The summed E-state index contributed by atoms with van der Waals surface area (Å²) >= 11 is 0. The van der Waals surface area contributed by atoms with Crippen LogP contribution in [0.3, 0.4) is 0 Å². The normalized spacial score (nSPS) is 23.2. The number of imidazole rings is 1. The van der Waals surface area contributed by atoms with Crippen molar-refractivity contribution in [2.45, 2.75) is 31.9 Å². The summed E-state index contributed by atoms with van der Waals surface area (Å²) in [4.78, 5) is 3.99. The van der Waals surface area contributed by atoms with Gasteiger partial charge in [0.05, 0.1) is 12.4 Å². The third-order valence-electron chi connectivity index (χ3n) is 2.29. The van der Waals surface area contributed by atoms with E-state index in [2.05, 4.69) is 9.55 Å². The zero-order valence-electron chi connectivity index (χ0n) is 7.15. The minimum atomic E-state index is 0.493. The molecule has 1 aromatic rings. The highest BCUT2D eigenvalue weighted by atomic mass is 16.5. The number of hydrogen-bond donors (Lipinski definition) is 0. The minimum absolute atomic E-state index is 0.493. The minimum Gasteiger partial charge on any atom is -0.378 e. The van der Waals surface area contributed by atoms with E-state index in [1.54, 1.807) is 0 Å².